The van der Waals surface area contributed by atoms with Gasteiger partial charge in [0.2, 0.25) is 0 Å². The second-order valence-corrected chi connectivity index (χ2v) is 5.11. The molecule has 0 heterocycles. The van der Waals surface area contributed by atoms with Crippen LogP contribution in [0.4, 0.5) is 0 Å². The summed E-state index contributed by atoms with van der Waals surface area (Å²) in [6, 6.07) is 15.1. The number of halogens is 1. The van der Waals surface area contributed by atoms with Crippen LogP contribution >= 0.6 is 11.6 Å². The van der Waals surface area contributed by atoms with Crippen LogP contribution in [0.1, 0.15) is 16.7 Å². The first-order valence-corrected chi connectivity index (χ1v) is 7.38. The Hall–Kier alpha value is -2.52. The van der Waals surface area contributed by atoms with Gasteiger partial charge in [-0.1, -0.05) is 66.2 Å². The smallest absolute Gasteiger partial charge is 0.341 e. The van der Waals surface area contributed by atoms with Crippen LogP contribution in [-0.4, -0.2) is 20.2 Å². The number of benzene rings is 2. The number of methoxy groups -OCH3 is 2. The molecule has 0 saturated heterocycles. The van der Waals surface area contributed by atoms with Crippen molar-refractivity contribution in [3.8, 4) is 0 Å². The van der Waals surface area contributed by atoms with E-state index in [9.17, 15) is 4.79 Å². The van der Waals surface area contributed by atoms with Crippen LogP contribution < -0.4 is 0 Å². The lowest BCUT2D eigenvalue weighted by Crippen LogP contribution is -2.05. The summed E-state index contributed by atoms with van der Waals surface area (Å²) < 4.78 is 9.83. The van der Waals surface area contributed by atoms with Crippen LogP contribution in [0.25, 0.3) is 17.7 Å². The monoisotopic (exact) mass is 328 g/mol. The minimum Gasteiger partial charge on any atom is -0.503 e. The molecule has 0 N–H and O–H groups in total. The Balaban J connectivity index is 2.43. The molecule has 0 aliphatic carbocycles. The van der Waals surface area contributed by atoms with Crippen LogP contribution in [0.5, 0.6) is 0 Å². The molecule has 2 aromatic rings. The molecular formula is C19H17ClO3. The van der Waals surface area contributed by atoms with Gasteiger partial charge in [-0.15, -0.1) is 0 Å². The van der Waals surface area contributed by atoms with Gasteiger partial charge in [0, 0.05) is 5.02 Å². The Morgan fingerprint density at radius 3 is 2.22 bits per heavy atom. The SMILES string of the molecule is CO/C=C(\C(=O)OC)c1ccccc1/C=C/c1ccccc1Cl. The third-order valence-corrected chi connectivity index (χ3v) is 3.58. The number of ether oxygens (including phenoxy) is 2. The van der Waals surface area contributed by atoms with Gasteiger partial charge in [-0.2, -0.15) is 0 Å². The maximum atomic E-state index is 12.0. The fourth-order valence-corrected chi connectivity index (χ4v) is 2.33. The predicted octanol–water partition coefficient (Wildman–Crippen LogP) is 4.67. The second kappa shape index (κ2) is 8.20. The molecule has 4 heteroatoms. The highest BCUT2D eigenvalue weighted by Crippen LogP contribution is 2.24. The Morgan fingerprint density at radius 2 is 1.57 bits per heavy atom. The molecule has 0 radical (unpaired) electrons. The van der Waals surface area contributed by atoms with Crippen molar-refractivity contribution in [2.24, 2.45) is 0 Å². The standard InChI is InChI=1S/C19H17ClO3/c1-22-13-17(19(21)23-2)16-9-5-3-7-14(16)11-12-15-8-4-6-10-18(15)20/h3-13H,1-2H3/b12-11+,17-13-. The second-order valence-electron chi connectivity index (χ2n) is 4.70. The van der Waals surface area contributed by atoms with Gasteiger partial charge in [0.1, 0.15) is 5.57 Å². The molecule has 0 bridgehead atoms. The molecule has 0 spiro atoms. The Bertz CT molecular complexity index is 748. The maximum absolute atomic E-state index is 12.0. The van der Waals surface area contributed by atoms with Crippen molar-refractivity contribution < 1.29 is 14.3 Å². The van der Waals surface area contributed by atoms with Gasteiger partial charge < -0.3 is 9.47 Å². The van der Waals surface area contributed by atoms with E-state index < -0.39 is 5.97 Å². The third kappa shape index (κ3) is 4.24. The maximum Gasteiger partial charge on any atom is 0.341 e. The molecule has 0 amide bonds. The van der Waals surface area contributed by atoms with Crippen LogP contribution in [-0.2, 0) is 14.3 Å². The lowest BCUT2D eigenvalue weighted by molar-refractivity contribution is -0.133. The quantitative estimate of drug-likeness (QED) is 0.346. The molecule has 0 unspecified atom stereocenters. The lowest BCUT2D eigenvalue weighted by atomic mass is 9.99. The zero-order valence-electron chi connectivity index (χ0n) is 13.0. The highest BCUT2D eigenvalue weighted by Gasteiger charge is 2.15. The molecular weight excluding hydrogens is 312 g/mol. The minimum atomic E-state index is -0.453. The molecule has 2 rings (SSSR count). The first kappa shape index (κ1) is 16.8. The summed E-state index contributed by atoms with van der Waals surface area (Å²) in [5.41, 5.74) is 2.85. The number of carbonyl (C=O) groups excluding carboxylic acids is 1. The summed E-state index contributed by atoms with van der Waals surface area (Å²) in [4.78, 5) is 12.0. The van der Waals surface area contributed by atoms with E-state index in [0.717, 1.165) is 16.7 Å². The van der Waals surface area contributed by atoms with Crippen molar-refractivity contribution in [1.29, 1.82) is 0 Å². The largest absolute Gasteiger partial charge is 0.503 e. The Kier molecular flexibility index (Phi) is 6.01. The van der Waals surface area contributed by atoms with Gasteiger partial charge in [0.05, 0.1) is 20.5 Å². The predicted molar refractivity (Wildman–Crippen MR) is 93.8 cm³/mol. The zero-order valence-corrected chi connectivity index (χ0v) is 13.7. The van der Waals surface area contributed by atoms with Crippen molar-refractivity contribution in [2.45, 2.75) is 0 Å². The van der Waals surface area contributed by atoms with Gasteiger partial charge in [-0.25, -0.2) is 4.79 Å². The minimum absolute atomic E-state index is 0.356. The molecule has 118 valence electrons. The summed E-state index contributed by atoms with van der Waals surface area (Å²) in [5, 5.41) is 0.668. The fourth-order valence-electron chi connectivity index (χ4n) is 2.13. The van der Waals surface area contributed by atoms with E-state index in [1.165, 1.54) is 20.5 Å². The first-order valence-electron chi connectivity index (χ1n) is 7.00. The van der Waals surface area contributed by atoms with E-state index >= 15 is 0 Å². The zero-order chi connectivity index (χ0) is 16.7. The molecule has 23 heavy (non-hydrogen) atoms. The van der Waals surface area contributed by atoms with Crippen molar-refractivity contribution in [3.63, 3.8) is 0 Å². The van der Waals surface area contributed by atoms with Crippen molar-refractivity contribution >= 4 is 35.3 Å². The van der Waals surface area contributed by atoms with E-state index in [-0.39, 0.29) is 0 Å². The summed E-state index contributed by atoms with van der Waals surface area (Å²) in [6.07, 6.45) is 5.19. The van der Waals surface area contributed by atoms with Gasteiger partial charge in [-0.05, 0) is 22.8 Å². The van der Waals surface area contributed by atoms with Crippen LogP contribution in [0.2, 0.25) is 5.02 Å². The van der Waals surface area contributed by atoms with E-state index in [1.807, 2.05) is 60.7 Å². The average Bonchev–Trinajstić information content (AvgIpc) is 2.59. The summed E-state index contributed by atoms with van der Waals surface area (Å²) in [6.45, 7) is 0. The van der Waals surface area contributed by atoms with Crippen LogP contribution in [0.15, 0.2) is 54.8 Å². The van der Waals surface area contributed by atoms with Gasteiger partial charge in [-0.3, -0.25) is 0 Å². The molecule has 0 fully saturated rings. The van der Waals surface area contributed by atoms with Crippen LogP contribution in [0.3, 0.4) is 0 Å². The van der Waals surface area contributed by atoms with E-state index in [4.69, 9.17) is 21.1 Å². The fraction of sp³-hybridized carbons (Fsp3) is 0.105. The highest BCUT2D eigenvalue weighted by atomic mass is 35.5. The van der Waals surface area contributed by atoms with Crippen molar-refractivity contribution in [1.82, 2.24) is 0 Å². The van der Waals surface area contributed by atoms with E-state index in [2.05, 4.69) is 0 Å². The van der Waals surface area contributed by atoms with Crippen molar-refractivity contribution in [3.05, 3.63) is 76.5 Å². The number of carbonyl (C=O) groups is 1. The number of esters is 1. The van der Waals surface area contributed by atoms with Crippen molar-refractivity contribution in [2.75, 3.05) is 14.2 Å². The topological polar surface area (TPSA) is 35.5 Å². The average molecular weight is 329 g/mol. The highest BCUT2D eigenvalue weighted by molar-refractivity contribution is 6.32. The lowest BCUT2D eigenvalue weighted by Gasteiger charge is -2.09. The summed E-state index contributed by atoms with van der Waals surface area (Å²) in [7, 11) is 2.83. The molecule has 0 aliphatic rings. The molecule has 0 aliphatic heterocycles. The summed E-state index contributed by atoms with van der Waals surface area (Å²) >= 11 is 6.16. The molecule has 2 aromatic carbocycles. The third-order valence-electron chi connectivity index (χ3n) is 3.24. The molecule has 3 nitrogen and oxygen atoms in total. The number of hydrogen-bond acceptors (Lipinski definition) is 3. The van der Waals surface area contributed by atoms with Crippen LogP contribution in [0, 0.1) is 0 Å². The molecule has 0 saturated carbocycles. The van der Waals surface area contributed by atoms with E-state index in [1.54, 1.807) is 0 Å². The number of rotatable bonds is 5. The Labute approximate surface area is 140 Å². The summed E-state index contributed by atoms with van der Waals surface area (Å²) in [5.74, 6) is -0.453. The molecule has 0 atom stereocenters. The normalized spacial score (nSPS) is 11.5. The van der Waals surface area contributed by atoms with Gasteiger partial charge in [0.15, 0.2) is 0 Å². The van der Waals surface area contributed by atoms with Gasteiger partial charge >= 0.3 is 5.97 Å². The Morgan fingerprint density at radius 1 is 0.957 bits per heavy atom. The number of hydrogen-bond donors (Lipinski definition) is 0. The van der Waals surface area contributed by atoms with Gasteiger partial charge in [0.25, 0.3) is 0 Å². The first-order chi connectivity index (χ1) is 11.2. The molecule has 0 aromatic heterocycles. The van der Waals surface area contributed by atoms with E-state index in [0.29, 0.717) is 10.6 Å².